The number of nitrogens with one attached hydrogen (secondary N) is 1. The van der Waals surface area contributed by atoms with Gasteiger partial charge in [-0.1, -0.05) is 44.2 Å². The quantitative estimate of drug-likeness (QED) is 0.399. The molecule has 0 unspecified atom stereocenters. The van der Waals surface area contributed by atoms with Gasteiger partial charge in [0, 0.05) is 13.1 Å². The topological polar surface area (TPSA) is 109 Å². The third kappa shape index (κ3) is 7.73. The Bertz CT molecular complexity index is 1250. The molecule has 0 saturated carbocycles. The SMILES string of the molecule is CC(C)CN(C[C@@H](O)[C@H](Cc1ccccc1)NC(=O)OC(C)(C)C)S(=O)(=O)c1ccc2ncsc2c1. The number of hydrogen-bond donors (Lipinski definition) is 2. The molecule has 0 fully saturated rings. The molecule has 196 valence electrons. The summed E-state index contributed by atoms with van der Waals surface area (Å²) in [6.45, 7) is 9.13. The van der Waals surface area contributed by atoms with Crippen molar-refractivity contribution in [1.29, 1.82) is 0 Å². The lowest BCUT2D eigenvalue weighted by Crippen LogP contribution is -2.51. The van der Waals surface area contributed by atoms with Crippen molar-refractivity contribution in [2.24, 2.45) is 5.92 Å². The van der Waals surface area contributed by atoms with Gasteiger partial charge in [-0.2, -0.15) is 4.31 Å². The van der Waals surface area contributed by atoms with E-state index < -0.39 is 33.9 Å². The normalized spacial score (nSPS) is 14.2. The molecule has 2 N–H and O–H groups in total. The van der Waals surface area contributed by atoms with E-state index in [0.717, 1.165) is 15.8 Å². The third-order valence-corrected chi connectivity index (χ3v) is 7.98. The Morgan fingerprint density at radius 2 is 1.83 bits per heavy atom. The molecule has 0 radical (unpaired) electrons. The number of fused-ring (bicyclic) bond motifs is 1. The second kappa shape index (κ2) is 11.7. The molecule has 0 saturated heterocycles. The first-order chi connectivity index (χ1) is 16.8. The van der Waals surface area contributed by atoms with Crippen molar-refractivity contribution in [2.45, 2.75) is 63.7 Å². The second-order valence-electron chi connectivity index (χ2n) is 10.2. The van der Waals surface area contributed by atoms with Crippen molar-refractivity contribution in [3.05, 3.63) is 59.6 Å². The number of ether oxygens (including phenoxy) is 1. The van der Waals surface area contributed by atoms with Crippen molar-refractivity contribution in [2.75, 3.05) is 13.1 Å². The summed E-state index contributed by atoms with van der Waals surface area (Å²) in [5, 5.41) is 14.0. The summed E-state index contributed by atoms with van der Waals surface area (Å²) in [7, 11) is -3.92. The molecule has 0 aliphatic rings. The zero-order valence-corrected chi connectivity index (χ0v) is 23.0. The van der Waals surface area contributed by atoms with Crippen LogP contribution >= 0.6 is 11.3 Å². The van der Waals surface area contributed by atoms with E-state index in [2.05, 4.69) is 10.3 Å². The van der Waals surface area contributed by atoms with Crippen molar-refractivity contribution in [3.8, 4) is 0 Å². The lowest BCUT2D eigenvalue weighted by Gasteiger charge is -2.31. The number of aliphatic hydroxyl groups is 1. The molecular weight excluding hydrogens is 498 g/mol. The molecule has 2 aromatic carbocycles. The number of sulfonamides is 1. The number of aliphatic hydroxyl groups excluding tert-OH is 1. The number of benzene rings is 2. The smallest absolute Gasteiger partial charge is 0.407 e. The van der Waals surface area contributed by atoms with Gasteiger partial charge in [-0.25, -0.2) is 18.2 Å². The molecular formula is C26H35N3O5S2. The Balaban J connectivity index is 1.87. The molecule has 0 spiro atoms. The van der Waals surface area contributed by atoms with Gasteiger partial charge in [0.1, 0.15) is 5.60 Å². The zero-order chi connectivity index (χ0) is 26.5. The molecule has 1 amide bonds. The minimum atomic E-state index is -3.92. The van der Waals surface area contributed by atoms with E-state index in [1.807, 2.05) is 44.2 Å². The Labute approximate surface area is 217 Å². The van der Waals surface area contributed by atoms with Gasteiger partial charge in [0.25, 0.3) is 0 Å². The minimum Gasteiger partial charge on any atom is -0.444 e. The van der Waals surface area contributed by atoms with Gasteiger partial charge in [-0.05, 0) is 56.9 Å². The average molecular weight is 534 g/mol. The van der Waals surface area contributed by atoms with Crippen molar-refractivity contribution < 1.29 is 23.1 Å². The Hall–Kier alpha value is -2.53. The van der Waals surface area contributed by atoms with Gasteiger partial charge in [-0.3, -0.25) is 0 Å². The zero-order valence-electron chi connectivity index (χ0n) is 21.3. The number of carbonyl (C=O) groups is 1. The molecule has 0 aliphatic carbocycles. The van der Waals surface area contributed by atoms with E-state index in [0.29, 0.717) is 6.42 Å². The maximum absolute atomic E-state index is 13.6. The molecule has 0 aliphatic heterocycles. The fourth-order valence-corrected chi connectivity index (χ4v) is 6.21. The summed E-state index contributed by atoms with van der Waals surface area (Å²) >= 11 is 1.37. The van der Waals surface area contributed by atoms with Gasteiger partial charge in [0.15, 0.2) is 0 Å². The number of nitrogens with zero attached hydrogens (tertiary/aromatic N) is 2. The van der Waals surface area contributed by atoms with Crippen LogP contribution in [0.5, 0.6) is 0 Å². The van der Waals surface area contributed by atoms with E-state index in [1.54, 1.807) is 38.4 Å². The third-order valence-electron chi connectivity index (χ3n) is 5.37. The van der Waals surface area contributed by atoms with Crippen LogP contribution in [0.4, 0.5) is 4.79 Å². The number of thiazole rings is 1. The summed E-state index contributed by atoms with van der Waals surface area (Å²) < 4.78 is 34.8. The molecule has 1 heterocycles. The first-order valence-corrected chi connectivity index (χ1v) is 14.2. The minimum absolute atomic E-state index is 0.0190. The highest BCUT2D eigenvalue weighted by Crippen LogP contribution is 2.25. The number of rotatable bonds is 10. The Morgan fingerprint density at radius 1 is 1.14 bits per heavy atom. The Kier molecular flexibility index (Phi) is 9.10. The second-order valence-corrected chi connectivity index (χ2v) is 13.0. The van der Waals surface area contributed by atoms with Gasteiger partial charge < -0.3 is 15.2 Å². The van der Waals surface area contributed by atoms with Crippen LogP contribution in [-0.2, 0) is 21.2 Å². The first-order valence-electron chi connectivity index (χ1n) is 11.9. The predicted octanol–water partition coefficient (Wildman–Crippen LogP) is 4.44. The molecule has 36 heavy (non-hydrogen) atoms. The van der Waals surface area contributed by atoms with Crippen LogP contribution in [0.1, 0.15) is 40.2 Å². The van der Waals surface area contributed by atoms with Crippen LogP contribution in [0.25, 0.3) is 10.2 Å². The lowest BCUT2D eigenvalue weighted by atomic mass is 10.0. The van der Waals surface area contributed by atoms with Gasteiger partial charge in [0.2, 0.25) is 10.0 Å². The predicted molar refractivity (Wildman–Crippen MR) is 143 cm³/mol. The largest absolute Gasteiger partial charge is 0.444 e. The van der Waals surface area contributed by atoms with Crippen LogP contribution in [0, 0.1) is 5.92 Å². The fourth-order valence-electron chi connectivity index (χ4n) is 3.77. The van der Waals surface area contributed by atoms with Crippen LogP contribution in [0.3, 0.4) is 0 Å². The van der Waals surface area contributed by atoms with Crippen LogP contribution in [0.15, 0.2) is 58.9 Å². The standard InChI is InChI=1S/C26H35N3O5S2/c1-18(2)15-29(36(32,33)20-11-12-21-24(14-20)35-17-27-21)16-23(30)22(13-19-9-7-6-8-10-19)28-25(31)34-26(3,4)5/h6-12,14,17-18,22-23,30H,13,15-16H2,1-5H3,(H,28,31)/t22-,23+/m0/s1. The van der Waals surface area contributed by atoms with E-state index in [9.17, 15) is 18.3 Å². The summed E-state index contributed by atoms with van der Waals surface area (Å²) in [5.41, 5.74) is 2.59. The maximum Gasteiger partial charge on any atom is 0.407 e. The molecule has 1 aromatic heterocycles. The summed E-state index contributed by atoms with van der Waals surface area (Å²) in [6.07, 6.45) is -1.54. The van der Waals surface area contributed by atoms with Crippen LogP contribution in [-0.4, -0.2) is 59.7 Å². The van der Waals surface area contributed by atoms with Gasteiger partial charge >= 0.3 is 6.09 Å². The molecule has 0 bridgehead atoms. The van der Waals surface area contributed by atoms with E-state index in [1.165, 1.54) is 21.7 Å². The lowest BCUT2D eigenvalue weighted by molar-refractivity contribution is 0.0400. The maximum atomic E-state index is 13.6. The fraction of sp³-hybridized carbons (Fsp3) is 0.462. The van der Waals surface area contributed by atoms with Crippen LogP contribution < -0.4 is 5.32 Å². The van der Waals surface area contributed by atoms with Crippen molar-refractivity contribution >= 4 is 37.7 Å². The number of alkyl carbamates (subject to hydrolysis) is 1. The van der Waals surface area contributed by atoms with Crippen LogP contribution in [0.2, 0.25) is 0 Å². The Morgan fingerprint density at radius 3 is 2.47 bits per heavy atom. The van der Waals surface area contributed by atoms with E-state index in [4.69, 9.17) is 4.74 Å². The number of amides is 1. The number of hydrogen-bond acceptors (Lipinski definition) is 7. The van der Waals surface area contributed by atoms with E-state index in [-0.39, 0.29) is 23.9 Å². The van der Waals surface area contributed by atoms with Crippen molar-refractivity contribution in [1.82, 2.24) is 14.6 Å². The van der Waals surface area contributed by atoms with Crippen molar-refractivity contribution in [3.63, 3.8) is 0 Å². The average Bonchev–Trinajstić information content (AvgIpc) is 3.25. The number of carbonyl (C=O) groups excluding carboxylic acids is 1. The summed E-state index contributed by atoms with van der Waals surface area (Å²) in [4.78, 5) is 16.9. The highest BCUT2D eigenvalue weighted by Gasteiger charge is 2.32. The van der Waals surface area contributed by atoms with E-state index >= 15 is 0 Å². The molecule has 10 heteroatoms. The van der Waals surface area contributed by atoms with Gasteiger partial charge in [0.05, 0.1) is 32.8 Å². The summed E-state index contributed by atoms with van der Waals surface area (Å²) in [5.74, 6) is 0.0190. The number of aromatic nitrogens is 1. The monoisotopic (exact) mass is 533 g/mol. The highest BCUT2D eigenvalue weighted by atomic mass is 32.2. The molecule has 8 nitrogen and oxygen atoms in total. The first kappa shape index (κ1) is 28.0. The molecule has 2 atom stereocenters. The molecule has 3 rings (SSSR count). The summed E-state index contributed by atoms with van der Waals surface area (Å²) in [6, 6.07) is 13.5. The molecule has 3 aromatic rings. The highest BCUT2D eigenvalue weighted by molar-refractivity contribution is 7.89. The van der Waals surface area contributed by atoms with Gasteiger partial charge in [-0.15, -0.1) is 11.3 Å².